The van der Waals surface area contributed by atoms with Crippen LogP contribution in [0.1, 0.15) is 35.8 Å². The number of hydrazine groups is 1. The van der Waals surface area contributed by atoms with Crippen LogP contribution in [0.4, 0.5) is 0 Å². The van der Waals surface area contributed by atoms with Crippen molar-refractivity contribution < 1.29 is 9.59 Å². The van der Waals surface area contributed by atoms with Crippen molar-refractivity contribution in [3.8, 4) is 0 Å². The number of hydrogen-bond donors (Lipinski definition) is 1. The zero-order valence-corrected chi connectivity index (χ0v) is 17.6. The third-order valence-corrected chi connectivity index (χ3v) is 5.96. The summed E-state index contributed by atoms with van der Waals surface area (Å²) < 4.78 is 2.48. The van der Waals surface area contributed by atoms with Crippen molar-refractivity contribution in [1.82, 2.24) is 15.0 Å². The number of para-hydroxylation sites is 1. The number of aromatic nitrogens is 1. The molecule has 29 heavy (non-hydrogen) atoms. The van der Waals surface area contributed by atoms with Gasteiger partial charge in [0.1, 0.15) is 0 Å². The quantitative estimate of drug-likeness (QED) is 0.487. The van der Waals surface area contributed by atoms with Crippen LogP contribution < -0.4 is 5.43 Å². The van der Waals surface area contributed by atoms with E-state index in [0.29, 0.717) is 20.8 Å². The van der Waals surface area contributed by atoms with Gasteiger partial charge in [-0.15, -0.1) is 0 Å². The average Bonchev–Trinajstić information content (AvgIpc) is 3.22. The fourth-order valence-electron chi connectivity index (χ4n) is 3.24. The van der Waals surface area contributed by atoms with E-state index in [2.05, 4.69) is 29.9 Å². The highest BCUT2D eigenvalue weighted by molar-refractivity contribution is 8.26. The molecule has 0 atom stereocenters. The summed E-state index contributed by atoms with van der Waals surface area (Å²) in [7, 11) is 0. The Bertz CT molecular complexity index is 1150. The molecule has 0 aliphatic carbocycles. The second-order valence-corrected chi connectivity index (χ2v) is 8.60. The first kappa shape index (κ1) is 19.4. The van der Waals surface area contributed by atoms with Gasteiger partial charge in [0.05, 0.1) is 4.91 Å². The molecule has 4 rings (SSSR count). The minimum absolute atomic E-state index is 0.293. The Labute approximate surface area is 178 Å². The predicted octanol–water partition coefficient (Wildman–Crippen LogP) is 4.77. The molecule has 1 aromatic heterocycles. The highest BCUT2D eigenvalue weighted by atomic mass is 32.2. The van der Waals surface area contributed by atoms with Gasteiger partial charge < -0.3 is 4.57 Å². The fraction of sp³-hybridized carbons (Fsp3) is 0.136. The van der Waals surface area contributed by atoms with Crippen LogP contribution in [0.5, 0.6) is 0 Å². The normalized spacial score (nSPS) is 15.7. The van der Waals surface area contributed by atoms with Crippen molar-refractivity contribution >= 4 is 57.1 Å². The lowest BCUT2D eigenvalue weighted by molar-refractivity contribution is -0.123. The number of hydrogen-bond acceptors (Lipinski definition) is 4. The van der Waals surface area contributed by atoms with Gasteiger partial charge in [-0.3, -0.25) is 15.0 Å². The van der Waals surface area contributed by atoms with Gasteiger partial charge in [-0.25, -0.2) is 0 Å². The molecular formula is C22H19N3O2S2. The van der Waals surface area contributed by atoms with E-state index in [9.17, 15) is 9.59 Å². The summed E-state index contributed by atoms with van der Waals surface area (Å²) >= 11 is 6.51. The number of carbonyl (C=O) groups is 2. The molecule has 3 aromatic rings. The van der Waals surface area contributed by atoms with E-state index in [1.54, 1.807) is 24.3 Å². The van der Waals surface area contributed by atoms with Crippen molar-refractivity contribution in [2.75, 3.05) is 0 Å². The number of rotatable bonds is 4. The molecule has 7 heteroatoms. The molecule has 0 unspecified atom stereocenters. The van der Waals surface area contributed by atoms with Crippen LogP contribution in [0.2, 0.25) is 0 Å². The molecule has 146 valence electrons. The Hall–Kier alpha value is -2.90. The lowest BCUT2D eigenvalue weighted by atomic mass is 10.1. The number of nitrogens with zero attached hydrogens (tertiary/aromatic N) is 2. The van der Waals surface area contributed by atoms with Crippen LogP contribution in [0.3, 0.4) is 0 Å². The Balaban J connectivity index is 1.63. The summed E-state index contributed by atoms with van der Waals surface area (Å²) in [4.78, 5) is 25.8. The van der Waals surface area contributed by atoms with E-state index in [1.807, 2.05) is 36.5 Å². The Morgan fingerprint density at radius 1 is 1.10 bits per heavy atom. The molecule has 1 saturated heterocycles. The van der Waals surface area contributed by atoms with Gasteiger partial charge in [0.25, 0.3) is 11.8 Å². The molecule has 2 amide bonds. The molecule has 1 N–H and O–H groups in total. The molecule has 0 radical (unpaired) electrons. The van der Waals surface area contributed by atoms with Crippen LogP contribution in [0.15, 0.2) is 65.7 Å². The lowest BCUT2D eigenvalue weighted by Crippen LogP contribution is -2.44. The van der Waals surface area contributed by atoms with E-state index in [4.69, 9.17) is 12.2 Å². The Morgan fingerprint density at radius 2 is 1.79 bits per heavy atom. The second-order valence-electron chi connectivity index (χ2n) is 6.93. The first-order valence-corrected chi connectivity index (χ1v) is 10.4. The summed E-state index contributed by atoms with van der Waals surface area (Å²) in [5.41, 5.74) is 5.13. The van der Waals surface area contributed by atoms with Crippen molar-refractivity contribution in [1.29, 1.82) is 0 Å². The molecule has 0 bridgehead atoms. The third-order valence-electron chi connectivity index (χ3n) is 4.66. The number of nitrogens with one attached hydrogen (secondary N) is 1. The molecule has 2 heterocycles. The number of thiocarbonyl (C=S) groups is 1. The number of amides is 2. The van der Waals surface area contributed by atoms with Gasteiger partial charge in [0.15, 0.2) is 4.32 Å². The van der Waals surface area contributed by atoms with Crippen molar-refractivity contribution in [3.63, 3.8) is 0 Å². The van der Waals surface area contributed by atoms with Crippen LogP contribution in [0, 0.1) is 0 Å². The number of carbonyl (C=O) groups excluding carboxylic acids is 2. The molecule has 1 aliphatic heterocycles. The molecular weight excluding hydrogens is 402 g/mol. The highest BCUT2D eigenvalue weighted by Gasteiger charge is 2.34. The SMILES string of the molecule is CC(C)n1cc(/C=C2/SC(=S)N(NC(=O)c3ccccc3)C2=O)c2ccccc21. The summed E-state index contributed by atoms with van der Waals surface area (Å²) in [6.45, 7) is 4.24. The van der Waals surface area contributed by atoms with Gasteiger partial charge in [-0.2, -0.15) is 5.01 Å². The topological polar surface area (TPSA) is 54.3 Å². The van der Waals surface area contributed by atoms with Gasteiger partial charge in [-0.1, -0.05) is 48.2 Å². The smallest absolute Gasteiger partial charge is 0.285 e. The maximum Gasteiger partial charge on any atom is 0.285 e. The van der Waals surface area contributed by atoms with Crippen molar-refractivity contribution in [3.05, 3.63) is 76.8 Å². The molecule has 1 fully saturated rings. The molecule has 2 aromatic carbocycles. The number of thioether (sulfide) groups is 1. The summed E-state index contributed by atoms with van der Waals surface area (Å²) in [6.07, 6.45) is 3.89. The maximum absolute atomic E-state index is 12.9. The minimum Gasteiger partial charge on any atom is -0.344 e. The first-order valence-electron chi connectivity index (χ1n) is 9.19. The lowest BCUT2D eigenvalue weighted by Gasteiger charge is -2.15. The monoisotopic (exact) mass is 421 g/mol. The Kier molecular flexibility index (Phi) is 5.25. The minimum atomic E-state index is -0.375. The van der Waals surface area contributed by atoms with Crippen LogP contribution in [0.25, 0.3) is 17.0 Å². The van der Waals surface area contributed by atoms with Gasteiger partial charge in [0.2, 0.25) is 0 Å². The fourth-order valence-corrected chi connectivity index (χ4v) is 4.41. The third kappa shape index (κ3) is 3.71. The largest absolute Gasteiger partial charge is 0.344 e. The van der Waals surface area contributed by atoms with E-state index in [0.717, 1.165) is 21.5 Å². The number of benzene rings is 2. The van der Waals surface area contributed by atoms with Crippen LogP contribution in [-0.2, 0) is 4.79 Å². The molecule has 5 nitrogen and oxygen atoms in total. The van der Waals surface area contributed by atoms with Crippen LogP contribution in [-0.4, -0.2) is 25.7 Å². The van der Waals surface area contributed by atoms with Gasteiger partial charge in [0, 0.05) is 34.3 Å². The average molecular weight is 422 g/mol. The van der Waals surface area contributed by atoms with E-state index < -0.39 is 0 Å². The molecule has 0 spiro atoms. The maximum atomic E-state index is 12.9. The standard InChI is InChI=1S/C22H19N3O2S2/c1-14(2)24-13-16(17-10-6-7-11-18(17)24)12-19-21(27)25(22(28)29-19)23-20(26)15-8-4-3-5-9-15/h3-14H,1-2H3,(H,23,26)/b19-12+. The molecule has 0 saturated carbocycles. The zero-order chi connectivity index (χ0) is 20.5. The predicted molar refractivity (Wildman–Crippen MR) is 121 cm³/mol. The van der Waals surface area contributed by atoms with E-state index in [1.165, 1.54) is 11.8 Å². The second kappa shape index (κ2) is 7.85. The zero-order valence-electron chi connectivity index (χ0n) is 16.0. The van der Waals surface area contributed by atoms with Gasteiger partial charge >= 0.3 is 0 Å². The summed E-state index contributed by atoms with van der Waals surface area (Å²) in [5.74, 6) is -0.704. The Morgan fingerprint density at radius 3 is 2.52 bits per heavy atom. The van der Waals surface area contributed by atoms with Crippen molar-refractivity contribution in [2.45, 2.75) is 19.9 Å². The molecule has 1 aliphatic rings. The van der Waals surface area contributed by atoms with Gasteiger partial charge in [-0.05, 0) is 50.3 Å². The van der Waals surface area contributed by atoms with E-state index in [-0.39, 0.29) is 11.8 Å². The summed E-state index contributed by atoms with van der Waals surface area (Å²) in [6, 6.07) is 17.1. The van der Waals surface area contributed by atoms with E-state index >= 15 is 0 Å². The first-order chi connectivity index (χ1) is 14.0. The number of fused-ring (bicyclic) bond motifs is 1. The highest BCUT2D eigenvalue weighted by Crippen LogP contribution is 2.34. The van der Waals surface area contributed by atoms with Crippen molar-refractivity contribution in [2.24, 2.45) is 0 Å². The van der Waals surface area contributed by atoms with Crippen LogP contribution >= 0.6 is 24.0 Å². The summed E-state index contributed by atoms with van der Waals surface area (Å²) in [5, 5.41) is 2.21.